The summed E-state index contributed by atoms with van der Waals surface area (Å²) < 4.78 is 6.19. The first kappa shape index (κ1) is 12.7. The largest absolute Gasteiger partial charge is 0.488 e. The average Bonchev–Trinajstić information content (AvgIpc) is 3.18. The molecule has 3 aliphatic rings. The van der Waals surface area contributed by atoms with E-state index in [0.717, 1.165) is 29.9 Å². The number of ether oxygens (including phenoxy) is 1. The van der Waals surface area contributed by atoms with Crippen LogP contribution in [0.2, 0.25) is 0 Å². The lowest BCUT2D eigenvalue weighted by atomic mass is 9.82. The molecule has 1 aliphatic heterocycles. The average molecular weight is 271 g/mol. The highest BCUT2D eigenvalue weighted by molar-refractivity contribution is 5.37. The molecule has 2 heteroatoms. The van der Waals surface area contributed by atoms with Crippen molar-refractivity contribution in [1.29, 1.82) is 0 Å². The Morgan fingerprint density at radius 1 is 1.25 bits per heavy atom. The lowest BCUT2D eigenvalue weighted by Gasteiger charge is -2.29. The van der Waals surface area contributed by atoms with Gasteiger partial charge in [-0.3, -0.25) is 0 Å². The summed E-state index contributed by atoms with van der Waals surface area (Å²) in [6.45, 7) is 0. The van der Waals surface area contributed by atoms with Gasteiger partial charge in [0.05, 0.1) is 0 Å². The lowest BCUT2D eigenvalue weighted by molar-refractivity contribution is 0.152. The van der Waals surface area contributed by atoms with Gasteiger partial charge < -0.3 is 10.1 Å². The van der Waals surface area contributed by atoms with Crippen molar-refractivity contribution < 1.29 is 4.74 Å². The molecule has 2 saturated carbocycles. The summed E-state index contributed by atoms with van der Waals surface area (Å²) in [6.07, 6.45) is 8.67. The van der Waals surface area contributed by atoms with Crippen LogP contribution >= 0.6 is 0 Å². The van der Waals surface area contributed by atoms with Crippen LogP contribution < -0.4 is 10.1 Å². The quantitative estimate of drug-likeness (QED) is 0.906. The lowest BCUT2D eigenvalue weighted by Crippen LogP contribution is -2.42. The Hall–Kier alpha value is -1.02. The van der Waals surface area contributed by atoms with Crippen LogP contribution in [-0.2, 0) is 6.42 Å². The Labute approximate surface area is 121 Å². The molecule has 0 radical (unpaired) electrons. The fourth-order valence-electron chi connectivity index (χ4n) is 4.88. The molecule has 0 saturated heterocycles. The summed E-state index contributed by atoms with van der Waals surface area (Å²) in [5.41, 5.74) is 1.38. The number of benzene rings is 1. The minimum Gasteiger partial charge on any atom is -0.488 e. The zero-order valence-electron chi connectivity index (χ0n) is 12.3. The molecule has 0 amide bonds. The second-order valence-corrected chi connectivity index (χ2v) is 7.03. The maximum absolute atomic E-state index is 6.19. The van der Waals surface area contributed by atoms with Crippen molar-refractivity contribution in [2.75, 3.05) is 7.05 Å². The molecule has 5 unspecified atom stereocenters. The number of likely N-dealkylation sites (N-methyl/N-ethyl adjacent to an activating group) is 1. The molecule has 2 bridgehead atoms. The topological polar surface area (TPSA) is 21.3 Å². The van der Waals surface area contributed by atoms with Gasteiger partial charge in [0, 0.05) is 12.5 Å². The third kappa shape index (κ3) is 2.14. The Morgan fingerprint density at radius 3 is 2.85 bits per heavy atom. The maximum Gasteiger partial charge on any atom is 0.123 e. The molecule has 1 aromatic rings. The Bertz CT molecular complexity index is 461. The van der Waals surface area contributed by atoms with E-state index in [-0.39, 0.29) is 0 Å². The van der Waals surface area contributed by atoms with Gasteiger partial charge in [-0.25, -0.2) is 0 Å². The van der Waals surface area contributed by atoms with E-state index in [0.29, 0.717) is 12.1 Å². The van der Waals surface area contributed by atoms with Crippen LogP contribution in [0.25, 0.3) is 0 Å². The molecule has 0 aromatic heterocycles. The van der Waals surface area contributed by atoms with Gasteiger partial charge >= 0.3 is 0 Å². The van der Waals surface area contributed by atoms with Crippen molar-refractivity contribution >= 4 is 0 Å². The van der Waals surface area contributed by atoms with Gasteiger partial charge in [0.25, 0.3) is 0 Å². The molecule has 20 heavy (non-hydrogen) atoms. The van der Waals surface area contributed by atoms with Gasteiger partial charge in [0.2, 0.25) is 0 Å². The number of fused-ring (bicyclic) bond motifs is 3. The molecule has 0 spiro atoms. The van der Waals surface area contributed by atoms with E-state index in [1.807, 2.05) is 0 Å². The first-order valence-electron chi connectivity index (χ1n) is 8.25. The summed E-state index contributed by atoms with van der Waals surface area (Å²) in [5, 5.41) is 3.54. The van der Waals surface area contributed by atoms with Gasteiger partial charge in [-0.15, -0.1) is 0 Å². The molecule has 1 aromatic carbocycles. The summed E-state index contributed by atoms with van der Waals surface area (Å²) in [5.74, 6) is 4.10. The number of rotatable bonds is 4. The van der Waals surface area contributed by atoms with Gasteiger partial charge in [-0.1, -0.05) is 24.6 Å². The molecule has 2 nitrogen and oxygen atoms in total. The predicted octanol–water partition coefficient (Wildman–Crippen LogP) is 3.40. The maximum atomic E-state index is 6.19. The van der Waals surface area contributed by atoms with Crippen LogP contribution in [0.5, 0.6) is 5.75 Å². The van der Waals surface area contributed by atoms with Crippen molar-refractivity contribution in [3.63, 3.8) is 0 Å². The molecule has 108 valence electrons. The minimum absolute atomic E-state index is 0.330. The summed E-state index contributed by atoms with van der Waals surface area (Å²) in [7, 11) is 2.10. The molecular weight excluding hydrogens is 246 g/mol. The van der Waals surface area contributed by atoms with Crippen molar-refractivity contribution in [3.05, 3.63) is 29.8 Å². The normalized spacial score (nSPS) is 35.9. The van der Waals surface area contributed by atoms with E-state index >= 15 is 0 Å². The number of hydrogen-bond acceptors (Lipinski definition) is 2. The third-order valence-corrected chi connectivity index (χ3v) is 5.93. The third-order valence-electron chi connectivity index (χ3n) is 5.93. The van der Waals surface area contributed by atoms with Gasteiger partial charge in [0.1, 0.15) is 11.9 Å². The molecule has 2 fully saturated rings. The van der Waals surface area contributed by atoms with Crippen LogP contribution in [0.15, 0.2) is 24.3 Å². The molecule has 4 rings (SSSR count). The van der Waals surface area contributed by atoms with Crippen LogP contribution in [0, 0.1) is 17.8 Å². The van der Waals surface area contributed by atoms with Crippen LogP contribution in [-0.4, -0.2) is 19.2 Å². The van der Waals surface area contributed by atoms with Gasteiger partial charge in [0.15, 0.2) is 0 Å². The molecular formula is C18H25NO. The van der Waals surface area contributed by atoms with Crippen molar-refractivity contribution in [3.8, 4) is 5.75 Å². The van der Waals surface area contributed by atoms with E-state index in [1.165, 1.54) is 37.7 Å². The van der Waals surface area contributed by atoms with Crippen molar-refractivity contribution in [1.82, 2.24) is 5.32 Å². The fraction of sp³-hybridized carbons (Fsp3) is 0.667. The van der Waals surface area contributed by atoms with Gasteiger partial charge in [-0.05, 0) is 62.1 Å². The van der Waals surface area contributed by atoms with Crippen LogP contribution in [0.3, 0.4) is 0 Å². The smallest absolute Gasteiger partial charge is 0.123 e. The Balaban J connectivity index is 1.42. The zero-order chi connectivity index (χ0) is 13.5. The van der Waals surface area contributed by atoms with Crippen LogP contribution in [0.4, 0.5) is 0 Å². The highest BCUT2D eigenvalue weighted by atomic mass is 16.5. The van der Waals surface area contributed by atoms with Crippen LogP contribution in [0.1, 0.15) is 37.7 Å². The molecule has 1 N–H and O–H groups in total. The first-order chi connectivity index (χ1) is 9.83. The zero-order valence-corrected chi connectivity index (χ0v) is 12.3. The standard InChI is InChI=1S/C18H25NO/c1-19-16(10-15-9-12-6-7-13(15)8-12)18-11-14-4-2-3-5-17(14)20-18/h2-5,12-13,15-16,18-19H,6-11H2,1H3. The van der Waals surface area contributed by atoms with E-state index in [9.17, 15) is 0 Å². The molecule has 1 heterocycles. The van der Waals surface area contributed by atoms with E-state index in [4.69, 9.17) is 4.74 Å². The second-order valence-electron chi connectivity index (χ2n) is 7.03. The molecule has 2 aliphatic carbocycles. The SMILES string of the molecule is CNC(CC1CC2CCC1C2)C1Cc2ccccc2O1. The molecule has 5 atom stereocenters. The summed E-state index contributed by atoms with van der Waals surface area (Å²) in [6, 6.07) is 9.02. The highest BCUT2D eigenvalue weighted by Gasteiger charge is 2.41. The predicted molar refractivity (Wildman–Crippen MR) is 81.0 cm³/mol. The van der Waals surface area contributed by atoms with E-state index in [1.54, 1.807) is 0 Å². The van der Waals surface area contributed by atoms with Crippen molar-refractivity contribution in [2.45, 2.75) is 50.7 Å². The Kier molecular flexibility index (Phi) is 3.22. The fourth-order valence-corrected chi connectivity index (χ4v) is 4.88. The number of nitrogens with one attached hydrogen (secondary N) is 1. The summed E-state index contributed by atoms with van der Waals surface area (Å²) >= 11 is 0. The first-order valence-corrected chi connectivity index (χ1v) is 8.25. The van der Waals surface area contributed by atoms with E-state index < -0.39 is 0 Å². The van der Waals surface area contributed by atoms with E-state index in [2.05, 4.69) is 36.6 Å². The summed E-state index contributed by atoms with van der Waals surface area (Å²) in [4.78, 5) is 0. The monoisotopic (exact) mass is 271 g/mol. The van der Waals surface area contributed by atoms with Crippen molar-refractivity contribution in [2.24, 2.45) is 17.8 Å². The highest BCUT2D eigenvalue weighted by Crippen LogP contribution is 2.50. The Morgan fingerprint density at radius 2 is 2.15 bits per heavy atom. The second kappa shape index (κ2) is 5.07. The minimum atomic E-state index is 0.330. The van der Waals surface area contributed by atoms with Gasteiger partial charge in [-0.2, -0.15) is 0 Å². The number of para-hydroxylation sites is 1. The number of hydrogen-bond donors (Lipinski definition) is 1.